The first-order chi connectivity index (χ1) is 7.57. The number of rotatable bonds is 5. The second-order valence-corrected chi connectivity index (χ2v) is 3.62. The van der Waals surface area contributed by atoms with Gasteiger partial charge in [-0.25, -0.2) is 0 Å². The molecule has 0 N–H and O–H groups in total. The number of carbonyl (C=O) groups is 2. The van der Waals surface area contributed by atoms with Crippen LogP contribution in [0.15, 0.2) is 0 Å². The fourth-order valence-corrected chi connectivity index (χ4v) is 1.08. The van der Waals surface area contributed by atoms with E-state index in [1.165, 1.54) is 6.92 Å². The van der Waals surface area contributed by atoms with Crippen LogP contribution in [0.3, 0.4) is 0 Å². The van der Waals surface area contributed by atoms with Crippen LogP contribution in [0.2, 0.25) is 0 Å². The Morgan fingerprint density at radius 1 is 1.18 bits per heavy atom. The number of likely N-dealkylation sites (N-methyl/N-ethyl adjacent to an activating group) is 1. The van der Waals surface area contributed by atoms with Crippen molar-refractivity contribution >= 4 is 27.6 Å². The number of ketones is 1. The maximum Gasteiger partial charge on any atom is 0.463 e. The lowest BCUT2D eigenvalue weighted by atomic mass is 10.2. The molecule has 0 radical (unpaired) electrons. The van der Waals surface area contributed by atoms with Gasteiger partial charge in [-0.2, -0.15) is 22.0 Å². The van der Waals surface area contributed by atoms with E-state index in [0.29, 0.717) is 0 Å². The summed E-state index contributed by atoms with van der Waals surface area (Å²) < 4.78 is 61.1. The molecule has 0 rings (SSSR count). The van der Waals surface area contributed by atoms with Gasteiger partial charge < -0.3 is 4.90 Å². The van der Waals surface area contributed by atoms with Crippen molar-refractivity contribution in [3.05, 3.63) is 0 Å². The second-order valence-electron chi connectivity index (χ2n) is 3.06. The number of hydrogen-bond acceptors (Lipinski definition) is 2. The third-order valence-electron chi connectivity index (χ3n) is 1.81. The van der Waals surface area contributed by atoms with Crippen molar-refractivity contribution in [1.29, 1.82) is 0 Å². The largest absolute Gasteiger partial charge is 0.463 e. The highest BCUT2D eigenvalue weighted by Crippen LogP contribution is 2.36. The molecule has 0 heterocycles. The minimum absolute atomic E-state index is 0.164. The Morgan fingerprint density at radius 3 is 1.94 bits per heavy atom. The Hall–Kier alpha value is -0.730. The normalized spacial score (nSPS) is 12.4. The molecule has 0 aliphatic rings. The Labute approximate surface area is 102 Å². The molecule has 0 aromatic rings. The minimum Gasteiger partial charge on any atom is -0.330 e. The summed E-state index contributed by atoms with van der Waals surface area (Å²) in [7, 11) is 0. The molecule has 0 saturated heterocycles. The van der Waals surface area contributed by atoms with Gasteiger partial charge in [0.1, 0.15) is 0 Å². The number of halogens is 6. The monoisotopic (exact) mass is 325 g/mol. The summed E-state index contributed by atoms with van der Waals surface area (Å²) in [6.45, 7) is 0.00135. The van der Waals surface area contributed by atoms with Crippen LogP contribution in [0.25, 0.3) is 0 Å². The fraction of sp³-hybridized carbons (Fsp3) is 0.750. The van der Waals surface area contributed by atoms with Crippen LogP contribution in [-0.4, -0.2) is 47.1 Å². The number of hydrogen-bond donors (Lipinski definition) is 0. The van der Waals surface area contributed by atoms with Crippen molar-refractivity contribution in [3.8, 4) is 0 Å². The standard InChI is InChI=1S/C8H9BrF5NO2/c1-2-15(4-5(16)3-9)6(17)7(10,11)8(12,13)14/h2-4H2,1H3. The van der Waals surface area contributed by atoms with Crippen molar-refractivity contribution in [1.82, 2.24) is 4.90 Å². The summed E-state index contributed by atoms with van der Waals surface area (Å²) in [6.07, 6.45) is -5.96. The number of nitrogens with zero attached hydrogens (tertiary/aromatic N) is 1. The van der Waals surface area contributed by atoms with E-state index >= 15 is 0 Å². The third-order valence-corrected chi connectivity index (χ3v) is 2.44. The van der Waals surface area contributed by atoms with E-state index in [-0.39, 0.29) is 10.2 Å². The molecule has 0 unspecified atom stereocenters. The van der Waals surface area contributed by atoms with E-state index < -0.39 is 36.9 Å². The van der Waals surface area contributed by atoms with Crippen LogP contribution in [0.1, 0.15) is 6.92 Å². The first-order valence-electron chi connectivity index (χ1n) is 4.39. The molecule has 0 aromatic heterocycles. The molecule has 3 nitrogen and oxygen atoms in total. The SMILES string of the molecule is CCN(CC(=O)CBr)C(=O)C(F)(F)C(F)(F)F. The molecule has 0 aliphatic carbocycles. The van der Waals surface area contributed by atoms with E-state index in [2.05, 4.69) is 15.9 Å². The lowest BCUT2D eigenvalue weighted by Crippen LogP contribution is -2.53. The van der Waals surface area contributed by atoms with Gasteiger partial charge in [0.2, 0.25) is 0 Å². The van der Waals surface area contributed by atoms with Gasteiger partial charge >= 0.3 is 18.0 Å². The van der Waals surface area contributed by atoms with E-state index in [9.17, 15) is 31.5 Å². The van der Waals surface area contributed by atoms with E-state index in [1.807, 2.05) is 0 Å². The summed E-state index contributed by atoms with van der Waals surface area (Å²) in [6, 6.07) is 0. The highest BCUT2D eigenvalue weighted by molar-refractivity contribution is 9.09. The summed E-state index contributed by atoms with van der Waals surface area (Å²) in [5.41, 5.74) is 0. The van der Waals surface area contributed by atoms with Gasteiger partial charge in [-0.1, -0.05) is 15.9 Å². The molecule has 0 fully saturated rings. The fourth-order valence-electron chi connectivity index (χ4n) is 0.902. The van der Waals surface area contributed by atoms with Crippen LogP contribution in [0, 0.1) is 0 Å². The molecule has 9 heteroatoms. The first kappa shape index (κ1) is 16.3. The van der Waals surface area contributed by atoms with Gasteiger partial charge in [-0.05, 0) is 6.92 Å². The van der Waals surface area contributed by atoms with E-state index in [0.717, 1.165) is 0 Å². The minimum atomic E-state index is -5.96. The van der Waals surface area contributed by atoms with Crippen LogP contribution in [0.4, 0.5) is 22.0 Å². The summed E-state index contributed by atoms with van der Waals surface area (Å²) in [5.74, 6) is -8.56. The Balaban J connectivity index is 4.93. The van der Waals surface area contributed by atoms with Crippen molar-refractivity contribution in [2.45, 2.75) is 19.0 Å². The van der Waals surface area contributed by atoms with Crippen LogP contribution < -0.4 is 0 Å². The Kier molecular flexibility index (Phi) is 5.50. The van der Waals surface area contributed by atoms with Gasteiger partial charge in [0.05, 0.1) is 11.9 Å². The molecule has 0 aliphatic heterocycles. The van der Waals surface area contributed by atoms with Crippen molar-refractivity contribution in [2.24, 2.45) is 0 Å². The zero-order valence-corrected chi connectivity index (χ0v) is 10.2. The molecule has 0 saturated carbocycles. The van der Waals surface area contributed by atoms with E-state index in [1.54, 1.807) is 0 Å². The highest BCUT2D eigenvalue weighted by atomic mass is 79.9. The molecule has 0 bridgehead atoms. The first-order valence-corrected chi connectivity index (χ1v) is 5.51. The average Bonchev–Trinajstić information content (AvgIpc) is 2.22. The number of alkyl halides is 6. The predicted molar refractivity (Wildman–Crippen MR) is 52.1 cm³/mol. The average molecular weight is 326 g/mol. The highest BCUT2D eigenvalue weighted by Gasteiger charge is 2.64. The van der Waals surface area contributed by atoms with Crippen LogP contribution in [0.5, 0.6) is 0 Å². The van der Waals surface area contributed by atoms with Crippen molar-refractivity contribution in [3.63, 3.8) is 0 Å². The summed E-state index contributed by atoms with van der Waals surface area (Å²) >= 11 is 2.71. The summed E-state index contributed by atoms with van der Waals surface area (Å²) in [4.78, 5) is 22.0. The molecule has 100 valence electrons. The lowest BCUT2D eigenvalue weighted by molar-refractivity contribution is -0.274. The third kappa shape index (κ3) is 3.90. The van der Waals surface area contributed by atoms with Crippen molar-refractivity contribution in [2.75, 3.05) is 18.4 Å². The maximum absolute atomic E-state index is 12.7. The molecule has 0 aromatic carbocycles. The predicted octanol–water partition coefficient (Wildman–Crippen LogP) is 2.00. The zero-order chi connectivity index (χ0) is 13.9. The van der Waals surface area contributed by atoms with Gasteiger partial charge in [-0.3, -0.25) is 9.59 Å². The number of Topliss-reactive ketones (excluding diaryl/α,β-unsaturated/α-hetero) is 1. The number of carbonyl (C=O) groups excluding carboxylic acids is 2. The van der Waals surface area contributed by atoms with Gasteiger partial charge in [0.15, 0.2) is 5.78 Å². The lowest BCUT2D eigenvalue weighted by Gasteiger charge is -2.26. The van der Waals surface area contributed by atoms with Gasteiger partial charge in [0, 0.05) is 6.54 Å². The molecular weight excluding hydrogens is 317 g/mol. The van der Waals surface area contributed by atoms with Crippen molar-refractivity contribution < 1.29 is 31.5 Å². The van der Waals surface area contributed by atoms with Crippen LogP contribution in [-0.2, 0) is 9.59 Å². The molecule has 1 amide bonds. The molecular formula is C8H9BrF5NO2. The van der Waals surface area contributed by atoms with Crippen LogP contribution >= 0.6 is 15.9 Å². The van der Waals surface area contributed by atoms with Gasteiger partial charge in [-0.15, -0.1) is 0 Å². The molecule has 0 spiro atoms. The summed E-state index contributed by atoms with van der Waals surface area (Å²) in [5, 5.41) is -0.228. The van der Waals surface area contributed by atoms with Gasteiger partial charge in [0.25, 0.3) is 0 Å². The number of amides is 1. The topological polar surface area (TPSA) is 37.4 Å². The molecule has 17 heavy (non-hydrogen) atoms. The Bertz CT molecular complexity index is 305. The zero-order valence-electron chi connectivity index (χ0n) is 8.65. The quantitative estimate of drug-likeness (QED) is 0.572. The maximum atomic E-state index is 12.7. The smallest absolute Gasteiger partial charge is 0.330 e. The molecule has 0 atom stereocenters. The second kappa shape index (κ2) is 5.74. The Morgan fingerprint density at radius 2 is 1.65 bits per heavy atom. The van der Waals surface area contributed by atoms with E-state index in [4.69, 9.17) is 0 Å².